The first-order chi connectivity index (χ1) is 14.5. The average Bonchev–Trinajstić information content (AvgIpc) is 3.15. The number of benzene rings is 1. The van der Waals surface area contributed by atoms with Crippen LogP contribution in [0.25, 0.3) is 0 Å². The molecule has 8 heteroatoms. The zero-order valence-electron chi connectivity index (χ0n) is 16.9. The zero-order valence-corrected chi connectivity index (χ0v) is 16.9. The number of pyridine rings is 1. The largest absolute Gasteiger partial charge is 0.497 e. The smallest absolute Gasteiger partial charge is 0.311 e. The molecular weight excluding hydrogens is 384 g/mol. The van der Waals surface area contributed by atoms with Gasteiger partial charge in [-0.05, 0) is 37.1 Å². The number of methoxy groups -OCH3 is 1. The summed E-state index contributed by atoms with van der Waals surface area (Å²) >= 11 is 0. The predicted octanol–water partition coefficient (Wildman–Crippen LogP) is 3.47. The van der Waals surface area contributed by atoms with Crippen LogP contribution < -0.4 is 9.64 Å². The SMILES string of the molecule is COc1cccc(C#CC2=NOC3(CCN(c4nc(C)ccc4[N+](=O)[O-])CC3)C2)c1. The molecule has 154 valence electrons. The number of piperidine rings is 1. The number of rotatable bonds is 3. The first-order valence-corrected chi connectivity index (χ1v) is 9.76. The molecule has 0 atom stereocenters. The molecule has 0 radical (unpaired) electrons. The van der Waals surface area contributed by atoms with E-state index in [1.165, 1.54) is 6.07 Å². The molecule has 0 saturated carbocycles. The number of nitrogens with zero attached hydrogens (tertiary/aromatic N) is 4. The molecule has 2 aliphatic heterocycles. The van der Waals surface area contributed by atoms with Gasteiger partial charge in [0.2, 0.25) is 5.82 Å². The Labute approximate surface area is 174 Å². The summed E-state index contributed by atoms with van der Waals surface area (Å²) in [5.74, 6) is 7.39. The summed E-state index contributed by atoms with van der Waals surface area (Å²) < 4.78 is 5.22. The molecule has 8 nitrogen and oxygen atoms in total. The number of ether oxygens (including phenoxy) is 1. The number of hydrogen-bond acceptors (Lipinski definition) is 7. The van der Waals surface area contributed by atoms with Gasteiger partial charge in [-0.25, -0.2) is 4.98 Å². The lowest BCUT2D eigenvalue weighted by molar-refractivity contribution is -0.384. The second-order valence-electron chi connectivity index (χ2n) is 7.51. The van der Waals surface area contributed by atoms with Crippen LogP contribution in [0.5, 0.6) is 5.75 Å². The van der Waals surface area contributed by atoms with Crippen LogP contribution >= 0.6 is 0 Å². The Bertz CT molecular complexity index is 1060. The average molecular weight is 406 g/mol. The van der Waals surface area contributed by atoms with Crippen LogP contribution in [0.15, 0.2) is 41.6 Å². The van der Waals surface area contributed by atoms with E-state index in [2.05, 4.69) is 22.0 Å². The van der Waals surface area contributed by atoms with Crippen LogP contribution in [0.4, 0.5) is 11.5 Å². The van der Waals surface area contributed by atoms with Crippen LogP contribution in [0, 0.1) is 28.9 Å². The van der Waals surface area contributed by atoms with Gasteiger partial charge in [-0.15, -0.1) is 0 Å². The van der Waals surface area contributed by atoms with E-state index in [9.17, 15) is 10.1 Å². The highest BCUT2D eigenvalue weighted by molar-refractivity contribution is 6.02. The van der Waals surface area contributed by atoms with Gasteiger partial charge in [0.1, 0.15) is 17.1 Å². The minimum atomic E-state index is -0.395. The van der Waals surface area contributed by atoms with Crippen molar-refractivity contribution in [3.63, 3.8) is 0 Å². The molecule has 1 aromatic heterocycles. The molecule has 0 bridgehead atoms. The van der Waals surface area contributed by atoms with Gasteiger partial charge in [0.25, 0.3) is 0 Å². The molecule has 2 aromatic rings. The Hall–Kier alpha value is -3.60. The highest BCUT2D eigenvalue weighted by Gasteiger charge is 2.42. The number of aromatic nitrogens is 1. The fourth-order valence-electron chi connectivity index (χ4n) is 3.74. The van der Waals surface area contributed by atoms with Crippen molar-refractivity contribution in [2.45, 2.75) is 31.8 Å². The Morgan fingerprint density at radius 1 is 1.23 bits per heavy atom. The molecule has 3 heterocycles. The second kappa shape index (κ2) is 8.03. The Kier molecular flexibility index (Phi) is 5.27. The van der Waals surface area contributed by atoms with Crippen LogP contribution in [-0.2, 0) is 4.84 Å². The summed E-state index contributed by atoms with van der Waals surface area (Å²) in [5, 5.41) is 15.6. The Balaban J connectivity index is 1.42. The lowest BCUT2D eigenvalue weighted by Gasteiger charge is -2.37. The van der Waals surface area contributed by atoms with E-state index in [1.54, 1.807) is 13.2 Å². The van der Waals surface area contributed by atoms with Crippen molar-refractivity contribution in [3.05, 3.63) is 57.8 Å². The van der Waals surface area contributed by atoms with Crippen molar-refractivity contribution < 1.29 is 14.5 Å². The molecule has 0 N–H and O–H groups in total. The molecular formula is C22H22N4O4. The lowest BCUT2D eigenvalue weighted by Crippen LogP contribution is -2.45. The zero-order chi connectivity index (χ0) is 21.1. The van der Waals surface area contributed by atoms with E-state index in [0.717, 1.165) is 17.0 Å². The monoisotopic (exact) mass is 406 g/mol. The van der Waals surface area contributed by atoms with Gasteiger partial charge >= 0.3 is 5.69 Å². The quantitative estimate of drug-likeness (QED) is 0.440. The molecule has 1 fully saturated rings. The number of oxime groups is 1. The number of aryl methyl sites for hydroxylation is 1. The molecule has 1 aromatic carbocycles. The molecule has 30 heavy (non-hydrogen) atoms. The third-order valence-electron chi connectivity index (χ3n) is 5.42. The summed E-state index contributed by atoms with van der Waals surface area (Å²) in [5.41, 5.74) is 1.96. The maximum absolute atomic E-state index is 11.4. The van der Waals surface area contributed by atoms with E-state index in [-0.39, 0.29) is 10.6 Å². The maximum Gasteiger partial charge on any atom is 0.311 e. The van der Waals surface area contributed by atoms with Crippen molar-refractivity contribution in [1.82, 2.24) is 4.98 Å². The van der Waals surface area contributed by atoms with Crippen molar-refractivity contribution in [3.8, 4) is 17.6 Å². The molecule has 0 aliphatic carbocycles. The molecule has 2 aliphatic rings. The van der Waals surface area contributed by atoms with Gasteiger partial charge in [0.05, 0.1) is 12.0 Å². The van der Waals surface area contributed by atoms with Crippen molar-refractivity contribution in [1.29, 1.82) is 0 Å². The summed E-state index contributed by atoms with van der Waals surface area (Å²) in [6.07, 6.45) is 2.04. The van der Waals surface area contributed by atoms with Crippen molar-refractivity contribution in [2.75, 3.05) is 25.1 Å². The van der Waals surface area contributed by atoms with Gasteiger partial charge in [0, 0.05) is 49.7 Å². The minimum absolute atomic E-state index is 0.0324. The van der Waals surface area contributed by atoms with Crippen LogP contribution in [0.1, 0.15) is 30.5 Å². The first kappa shape index (κ1) is 19.7. The number of nitro groups is 1. The topological polar surface area (TPSA) is 90.1 Å². The highest BCUT2D eigenvalue weighted by Crippen LogP contribution is 2.37. The molecule has 0 amide bonds. The second-order valence-corrected chi connectivity index (χ2v) is 7.51. The molecule has 1 saturated heterocycles. The standard InChI is InChI=1S/C22H22N4O4/c1-16-6-9-20(26(27)28)21(23-16)25-12-10-22(11-13-25)15-18(24-30-22)8-7-17-4-3-5-19(14-17)29-2/h3-6,9,14H,10-13,15H2,1-2H3. The minimum Gasteiger partial charge on any atom is -0.497 e. The van der Waals surface area contributed by atoms with E-state index in [0.29, 0.717) is 43.9 Å². The Morgan fingerprint density at radius 3 is 2.77 bits per heavy atom. The highest BCUT2D eigenvalue weighted by atomic mass is 16.7. The summed E-state index contributed by atoms with van der Waals surface area (Å²) in [7, 11) is 1.62. The van der Waals surface area contributed by atoms with Crippen molar-refractivity contribution in [2.24, 2.45) is 5.16 Å². The molecule has 1 spiro atoms. The fraction of sp³-hybridized carbons (Fsp3) is 0.364. The third kappa shape index (κ3) is 4.06. The number of hydrogen-bond donors (Lipinski definition) is 0. The van der Waals surface area contributed by atoms with Crippen LogP contribution in [-0.4, -0.2) is 41.4 Å². The first-order valence-electron chi connectivity index (χ1n) is 9.76. The van der Waals surface area contributed by atoms with E-state index in [1.807, 2.05) is 36.1 Å². The summed E-state index contributed by atoms with van der Waals surface area (Å²) in [6.45, 7) is 3.06. The van der Waals surface area contributed by atoms with Gasteiger partial charge in [-0.2, -0.15) is 0 Å². The number of anilines is 1. The van der Waals surface area contributed by atoms with E-state index >= 15 is 0 Å². The van der Waals surface area contributed by atoms with E-state index < -0.39 is 5.60 Å². The van der Waals surface area contributed by atoms with Gasteiger partial charge in [-0.1, -0.05) is 17.1 Å². The summed E-state index contributed by atoms with van der Waals surface area (Å²) in [4.78, 5) is 23.1. The van der Waals surface area contributed by atoms with Crippen LogP contribution in [0.2, 0.25) is 0 Å². The molecule has 4 rings (SSSR count). The Morgan fingerprint density at radius 2 is 2.03 bits per heavy atom. The third-order valence-corrected chi connectivity index (χ3v) is 5.42. The van der Waals surface area contributed by atoms with Crippen molar-refractivity contribution >= 4 is 17.2 Å². The lowest BCUT2D eigenvalue weighted by atomic mass is 9.87. The van der Waals surface area contributed by atoms with Gasteiger partial charge in [0.15, 0.2) is 0 Å². The fourth-order valence-corrected chi connectivity index (χ4v) is 3.74. The van der Waals surface area contributed by atoms with Crippen LogP contribution in [0.3, 0.4) is 0 Å². The normalized spacial score (nSPS) is 17.0. The predicted molar refractivity (Wildman–Crippen MR) is 113 cm³/mol. The summed E-state index contributed by atoms with van der Waals surface area (Å²) in [6, 6.07) is 10.7. The molecule has 0 unspecified atom stereocenters. The maximum atomic E-state index is 11.4. The van der Waals surface area contributed by atoms with E-state index in [4.69, 9.17) is 9.57 Å². The van der Waals surface area contributed by atoms with Gasteiger partial charge in [-0.3, -0.25) is 10.1 Å². The van der Waals surface area contributed by atoms with Gasteiger partial charge < -0.3 is 14.5 Å².